The minimum atomic E-state index is -1.06. The second kappa shape index (κ2) is 10.4. The van der Waals surface area contributed by atoms with Crippen LogP contribution in [-0.4, -0.2) is 28.2 Å². The number of fused-ring (bicyclic) bond motifs is 1. The van der Waals surface area contributed by atoms with E-state index in [1.54, 1.807) is 50.3 Å². The number of ether oxygens (including phenoxy) is 1. The van der Waals surface area contributed by atoms with Gasteiger partial charge < -0.3 is 14.3 Å². The van der Waals surface area contributed by atoms with E-state index in [0.717, 1.165) is 10.0 Å². The monoisotopic (exact) mass is 592 g/mol. The van der Waals surface area contributed by atoms with Crippen molar-refractivity contribution in [3.05, 3.63) is 113 Å². The fourth-order valence-corrected chi connectivity index (χ4v) is 5.63. The third kappa shape index (κ3) is 4.68. The van der Waals surface area contributed by atoms with Gasteiger partial charge >= 0.3 is 11.9 Å². The Bertz CT molecular complexity index is 1780. The van der Waals surface area contributed by atoms with Crippen molar-refractivity contribution in [3.8, 4) is 11.3 Å². The van der Waals surface area contributed by atoms with Gasteiger partial charge in [0.25, 0.3) is 5.56 Å². The molecule has 0 saturated heterocycles. The molecule has 0 bridgehead atoms. The maximum Gasteiger partial charge on any atom is 0.338 e. The van der Waals surface area contributed by atoms with Crippen molar-refractivity contribution in [1.82, 2.24) is 4.57 Å². The van der Waals surface area contributed by atoms with E-state index in [4.69, 9.17) is 9.15 Å². The van der Waals surface area contributed by atoms with E-state index < -0.39 is 18.0 Å². The maximum absolute atomic E-state index is 13.7. The summed E-state index contributed by atoms with van der Waals surface area (Å²) in [4.78, 5) is 43.3. The minimum absolute atomic E-state index is 0.115. The number of esters is 1. The first kappa shape index (κ1) is 25.6. The zero-order valence-corrected chi connectivity index (χ0v) is 22.7. The van der Waals surface area contributed by atoms with E-state index in [2.05, 4.69) is 20.9 Å². The quantitative estimate of drug-likeness (QED) is 0.329. The SMILES string of the molecule is CCOC(=O)C1=C(C)N=c2sc(=Cc3ccc(-c4ccccc4C(=O)O)o3)c(=O)n2[C@@H]1c1ccc(Br)cc1. The molecular weight excluding hydrogens is 572 g/mol. The number of nitrogens with zero attached hydrogens (tertiary/aromatic N) is 2. The van der Waals surface area contributed by atoms with Gasteiger partial charge in [0, 0.05) is 16.1 Å². The number of hydrogen-bond donors (Lipinski definition) is 1. The van der Waals surface area contributed by atoms with Gasteiger partial charge in [0.2, 0.25) is 0 Å². The van der Waals surface area contributed by atoms with Gasteiger partial charge in [0.15, 0.2) is 4.80 Å². The number of carboxylic acid groups (broad SMARTS) is 1. The lowest BCUT2D eigenvalue weighted by molar-refractivity contribution is -0.139. The molecule has 0 spiro atoms. The number of carbonyl (C=O) groups is 2. The Kier molecular flexibility index (Phi) is 7.00. The summed E-state index contributed by atoms with van der Waals surface area (Å²) in [5.74, 6) is -0.835. The van der Waals surface area contributed by atoms with Gasteiger partial charge in [-0.1, -0.05) is 57.6 Å². The molecule has 0 amide bonds. The van der Waals surface area contributed by atoms with Gasteiger partial charge in [-0.05, 0) is 49.7 Å². The van der Waals surface area contributed by atoms with Crippen LogP contribution in [0, 0.1) is 0 Å². The van der Waals surface area contributed by atoms with Crippen LogP contribution < -0.4 is 14.9 Å². The molecule has 0 radical (unpaired) electrons. The Balaban J connectivity index is 1.64. The predicted octanol–water partition coefficient (Wildman–Crippen LogP) is 4.52. The molecule has 10 heteroatoms. The van der Waals surface area contributed by atoms with Crippen LogP contribution in [0.5, 0.6) is 0 Å². The molecule has 2 aromatic heterocycles. The lowest BCUT2D eigenvalue weighted by atomic mass is 9.96. The number of aromatic nitrogens is 1. The summed E-state index contributed by atoms with van der Waals surface area (Å²) >= 11 is 4.61. The second-order valence-corrected chi connectivity index (χ2v) is 10.3. The van der Waals surface area contributed by atoms with Crippen LogP contribution >= 0.6 is 27.3 Å². The van der Waals surface area contributed by atoms with Crippen molar-refractivity contribution >= 4 is 45.3 Å². The van der Waals surface area contributed by atoms with Crippen molar-refractivity contribution in [3.63, 3.8) is 0 Å². The topological polar surface area (TPSA) is 111 Å². The maximum atomic E-state index is 13.7. The van der Waals surface area contributed by atoms with E-state index in [-0.39, 0.29) is 17.7 Å². The average Bonchev–Trinajstić information content (AvgIpc) is 3.48. The van der Waals surface area contributed by atoms with E-state index in [1.165, 1.54) is 22.0 Å². The number of benzene rings is 2. The lowest BCUT2D eigenvalue weighted by Gasteiger charge is -2.24. The third-order valence-corrected chi connectivity index (χ3v) is 7.54. The van der Waals surface area contributed by atoms with Gasteiger partial charge in [-0.25, -0.2) is 14.6 Å². The number of allylic oxidation sites excluding steroid dienone is 1. The molecule has 0 fully saturated rings. The van der Waals surface area contributed by atoms with Crippen molar-refractivity contribution in [2.75, 3.05) is 6.61 Å². The van der Waals surface area contributed by atoms with Gasteiger partial charge in [0.1, 0.15) is 11.5 Å². The number of carboxylic acids is 1. The molecule has 38 heavy (non-hydrogen) atoms. The smallest absolute Gasteiger partial charge is 0.338 e. The van der Waals surface area contributed by atoms with Crippen LogP contribution in [0.25, 0.3) is 17.4 Å². The Hall–Kier alpha value is -4.02. The second-order valence-electron chi connectivity index (χ2n) is 8.41. The zero-order chi connectivity index (χ0) is 27.0. The van der Waals surface area contributed by atoms with Gasteiger partial charge in [-0.15, -0.1) is 0 Å². The van der Waals surface area contributed by atoms with Crippen LogP contribution in [0.1, 0.15) is 41.6 Å². The summed E-state index contributed by atoms with van der Waals surface area (Å²) in [6, 6.07) is 16.6. The highest BCUT2D eigenvalue weighted by atomic mass is 79.9. The fraction of sp³-hybridized carbons (Fsp3) is 0.143. The van der Waals surface area contributed by atoms with Crippen molar-refractivity contribution in [1.29, 1.82) is 0 Å². The molecule has 1 atom stereocenters. The number of rotatable bonds is 6. The fourth-order valence-electron chi connectivity index (χ4n) is 4.34. The molecule has 5 rings (SSSR count). The summed E-state index contributed by atoms with van der Waals surface area (Å²) in [5.41, 5.74) is 1.74. The summed E-state index contributed by atoms with van der Waals surface area (Å²) < 4.78 is 13.9. The normalized spacial score (nSPS) is 15.2. The van der Waals surface area contributed by atoms with Gasteiger partial charge in [-0.2, -0.15) is 0 Å². The highest BCUT2D eigenvalue weighted by molar-refractivity contribution is 9.10. The van der Waals surface area contributed by atoms with Crippen molar-refractivity contribution < 1.29 is 23.8 Å². The standard InChI is InChI=1S/C28H21BrN2O6S/c1-3-36-27(35)23-15(2)30-28-31(24(23)16-8-10-17(29)11-9-16)25(32)22(38-28)14-18-12-13-21(37-18)19-6-4-5-7-20(19)26(33)34/h4-14,24H,3H2,1-2H3,(H,33,34)/t24-/m1/s1. The van der Waals surface area contributed by atoms with Crippen LogP contribution in [0.3, 0.4) is 0 Å². The van der Waals surface area contributed by atoms with Gasteiger partial charge in [-0.3, -0.25) is 9.36 Å². The summed E-state index contributed by atoms with van der Waals surface area (Å²) in [5, 5.41) is 9.51. The van der Waals surface area contributed by atoms with Crippen LogP contribution in [0.15, 0.2) is 90.6 Å². The molecule has 3 heterocycles. The molecule has 1 aliphatic heterocycles. The Morgan fingerprint density at radius 1 is 1.16 bits per heavy atom. The lowest BCUT2D eigenvalue weighted by Crippen LogP contribution is -2.39. The van der Waals surface area contributed by atoms with Crippen LogP contribution in [0.2, 0.25) is 0 Å². The largest absolute Gasteiger partial charge is 0.478 e. The Morgan fingerprint density at radius 2 is 1.89 bits per heavy atom. The average molecular weight is 593 g/mol. The highest BCUT2D eigenvalue weighted by Gasteiger charge is 2.33. The van der Waals surface area contributed by atoms with E-state index in [0.29, 0.717) is 37.7 Å². The Morgan fingerprint density at radius 3 is 2.61 bits per heavy atom. The van der Waals surface area contributed by atoms with E-state index >= 15 is 0 Å². The highest BCUT2D eigenvalue weighted by Crippen LogP contribution is 2.31. The number of carbonyl (C=O) groups excluding carboxylic acids is 1. The minimum Gasteiger partial charge on any atom is -0.478 e. The first-order chi connectivity index (χ1) is 18.3. The van der Waals surface area contributed by atoms with Crippen molar-refractivity contribution in [2.45, 2.75) is 19.9 Å². The molecule has 192 valence electrons. The molecule has 8 nitrogen and oxygen atoms in total. The molecule has 0 saturated carbocycles. The molecule has 2 aromatic carbocycles. The number of hydrogen-bond acceptors (Lipinski definition) is 7. The molecule has 1 aliphatic rings. The zero-order valence-electron chi connectivity index (χ0n) is 20.3. The number of furan rings is 1. The number of halogens is 1. The van der Waals surface area contributed by atoms with Gasteiger partial charge in [0.05, 0.1) is 34.0 Å². The van der Waals surface area contributed by atoms with E-state index in [1.807, 2.05) is 24.3 Å². The van der Waals surface area contributed by atoms with Crippen LogP contribution in [-0.2, 0) is 9.53 Å². The first-order valence-corrected chi connectivity index (χ1v) is 13.3. The number of thiazole rings is 1. The molecule has 0 unspecified atom stereocenters. The number of aromatic carboxylic acids is 1. The summed E-state index contributed by atoms with van der Waals surface area (Å²) in [6.07, 6.45) is 1.60. The molecule has 1 N–H and O–H groups in total. The third-order valence-electron chi connectivity index (χ3n) is 6.03. The molecular formula is C28H21BrN2O6S. The van der Waals surface area contributed by atoms with Crippen molar-refractivity contribution in [2.24, 2.45) is 4.99 Å². The van der Waals surface area contributed by atoms with E-state index in [9.17, 15) is 19.5 Å². The molecule has 4 aromatic rings. The molecule has 0 aliphatic carbocycles. The van der Waals surface area contributed by atoms with Crippen LogP contribution in [0.4, 0.5) is 0 Å². The predicted molar refractivity (Wildman–Crippen MR) is 146 cm³/mol. The first-order valence-electron chi connectivity index (χ1n) is 11.7. The summed E-state index contributed by atoms with van der Waals surface area (Å²) in [7, 11) is 0. The summed E-state index contributed by atoms with van der Waals surface area (Å²) in [6.45, 7) is 3.65. The Labute approximate surface area is 229 Å².